The predicted octanol–water partition coefficient (Wildman–Crippen LogP) is 1.83. The van der Waals surface area contributed by atoms with Crippen LogP contribution >= 0.6 is 0 Å². The second-order valence-electron chi connectivity index (χ2n) is 9.57. The number of hydrogen-bond donors (Lipinski definition) is 3. The molecule has 0 unspecified atom stereocenters. The van der Waals surface area contributed by atoms with Crippen molar-refractivity contribution in [3.8, 4) is 0 Å². The summed E-state index contributed by atoms with van der Waals surface area (Å²) in [7, 11) is -2.50. The molecule has 3 N–H and O–H groups in total. The quantitative estimate of drug-likeness (QED) is 0.522. The largest absolute Gasteiger partial charge is 0.394 e. The van der Waals surface area contributed by atoms with Crippen LogP contribution < -0.4 is 15.1 Å². The first-order valence-electron chi connectivity index (χ1n) is 12.2. The SMILES string of the molecule is CN1CCC2(CC1)NC(=O)c1ccccc1N2CCN1CCN(c2ccccc2)CC1.O=S(=O)(O)O. The van der Waals surface area contributed by atoms with E-state index in [9.17, 15) is 4.79 Å². The van der Waals surface area contributed by atoms with Gasteiger partial charge in [0, 0.05) is 70.9 Å². The van der Waals surface area contributed by atoms with E-state index in [1.54, 1.807) is 0 Å². The van der Waals surface area contributed by atoms with E-state index in [0.29, 0.717) is 0 Å². The van der Waals surface area contributed by atoms with Crippen molar-refractivity contribution in [2.75, 3.05) is 69.2 Å². The van der Waals surface area contributed by atoms with Gasteiger partial charge in [-0.05, 0) is 31.3 Å². The summed E-state index contributed by atoms with van der Waals surface area (Å²) in [5, 5.41) is 3.41. The Morgan fingerprint density at radius 2 is 1.44 bits per heavy atom. The summed E-state index contributed by atoms with van der Waals surface area (Å²) in [5.41, 5.74) is 2.96. The smallest absolute Gasteiger partial charge is 0.369 e. The summed E-state index contributed by atoms with van der Waals surface area (Å²) >= 11 is 0. The first-order valence-corrected chi connectivity index (χ1v) is 13.6. The third-order valence-corrected chi connectivity index (χ3v) is 7.25. The molecule has 1 amide bonds. The van der Waals surface area contributed by atoms with Crippen LogP contribution in [0.15, 0.2) is 54.6 Å². The van der Waals surface area contributed by atoms with E-state index in [2.05, 4.69) is 74.4 Å². The molecule has 0 radical (unpaired) electrons. The topological polar surface area (TPSA) is 117 Å². The number of rotatable bonds is 4. The van der Waals surface area contributed by atoms with Gasteiger partial charge in [-0.1, -0.05) is 30.3 Å². The van der Waals surface area contributed by atoms with Crippen molar-refractivity contribution in [3.63, 3.8) is 0 Å². The van der Waals surface area contributed by atoms with Crippen molar-refractivity contribution in [2.45, 2.75) is 18.5 Å². The Morgan fingerprint density at radius 3 is 2.08 bits per heavy atom. The van der Waals surface area contributed by atoms with Crippen LogP contribution in [0.25, 0.3) is 0 Å². The lowest BCUT2D eigenvalue weighted by molar-refractivity contribution is 0.0791. The molecule has 0 aromatic heterocycles. The van der Waals surface area contributed by atoms with Gasteiger partial charge in [-0.15, -0.1) is 0 Å². The average Bonchev–Trinajstić information content (AvgIpc) is 2.86. The highest BCUT2D eigenvalue weighted by Crippen LogP contribution is 2.37. The van der Waals surface area contributed by atoms with Gasteiger partial charge in [0.25, 0.3) is 5.91 Å². The number of likely N-dealkylation sites (tertiary alicyclic amines) is 1. The van der Waals surface area contributed by atoms with Gasteiger partial charge in [0.1, 0.15) is 5.66 Å². The van der Waals surface area contributed by atoms with E-state index in [4.69, 9.17) is 17.5 Å². The van der Waals surface area contributed by atoms with Crippen molar-refractivity contribution >= 4 is 27.7 Å². The predicted molar refractivity (Wildman–Crippen MR) is 140 cm³/mol. The van der Waals surface area contributed by atoms with E-state index >= 15 is 0 Å². The zero-order valence-corrected chi connectivity index (χ0v) is 21.4. The van der Waals surface area contributed by atoms with Crippen molar-refractivity contribution in [2.24, 2.45) is 0 Å². The number of fused-ring (bicyclic) bond motifs is 1. The van der Waals surface area contributed by atoms with Crippen LogP contribution in [0.3, 0.4) is 0 Å². The Hall–Kier alpha value is -2.70. The number of anilines is 2. The Bertz CT molecular complexity index is 1120. The highest BCUT2D eigenvalue weighted by molar-refractivity contribution is 7.79. The van der Waals surface area contributed by atoms with E-state index in [-0.39, 0.29) is 11.6 Å². The minimum Gasteiger partial charge on any atom is -0.369 e. The maximum absolute atomic E-state index is 12.9. The lowest BCUT2D eigenvalue weighted by Crippen LogP contribution is -2.68. The number of piperazine rings is 1. The lowest BCUT2D eigenvalue weighted by atomic mass is 9.90. The molecule has 1 spiro atoms. The van der Waals surface area contributed by atoms with Crippen LogP contribution in [0.1, 0.15) is 23.2 Å². The molecule has 0 saturated carbocycles. The number of hydrogen-bond acceptors (Lipinski definition) is 7. The Morgan fingerprint density at radius 1 is 0.861 bits per heavy atom. The molecule has 0 aliphatic carbocycles. The van der Waals surface area contributed by atoms with Crippen molar-refractivity contribution in [1.82, 2.24) is 15.1 Å². The zero-order chi connectivity index (χ0) is 25.8. The second-order valence-corrected chi connectivity index (χ2v) is 10.5. The molecule has 10 nitrogen and oxygen atoms in total. The molecular weight excluding hydrogens is 482 g/mol. The molecule has 2 saturated heterocycles. The summed E-state index contributed by atoms with van der Waals surface area (Å²) in [6.07, 6.45) is 1.93. The van der Waals surface area contributed by atoms with E-state index < -0.39 is 10.4 Å². The summed E-state index contributed by atoms with van der Waals surface area (Å²) in [4.78, 5) is 22.8. The standard InChI is InChI=1S/C25H33N5O.H2O4S/c1-27-13-11-25(12-14-27)26-24(31)22-9-5-6-10-23(22)30(25)20-17-28-15-18-29(19-16-28)21-7-3-2-4-8-21;1-5(2,3)4/h2-10H,11-20H2,1H3,(H,26,31);(H2,1,2,3,4). The number of piperidine rings is 1. The molecule has 0 bridgehead atoms. The van der Waals surface area contributed by atoms with Crippen LogP contribution in [0, 0.1) is 0 Å². The number of nitrogens with zero attached hydrogens (tertiary/aromatic N) is 4. The molecule has 3 aliphatic heterocycles. The van der Waals surface area contributed by atoms with Gasteiger partial charge in [0.2, 0.25) is 0 Å². The van der Waals surface area contributed by atoms with Crippen LogP contribution in [-0.4, -0.2) is 98.3 Å². The molecule has 36 heavy (non-hydrogen) atoms. The van der Waals surface area contributed by atoms with Gasteiger partial charge in [-0.25, -0.2) is 0 Å². The van der Waals surface area contributed by atoms with E-state index in [1.165, 1.54) is 5.69 Å². The van der Waals surface area contributed by atoms with Crippen LogP contribution in [0.5, 0.6) is 0 Å². The number of nitrogens with one attached hydrogen (secondary N) is 1. The van der Waals surface area contributed by atoms with Crippen molar-refractivity contribution < 1.29 is 22.3 Å². The van der Waals surface area contributed by atoms with E-state index in [0.717, 1.165) is 76.5 Å². The molecule has 0 atom stereocenters. The molecule has 3 aliphatic rings. The molecule has 2 aromatic carbocycles. The van der Waals surface area contributed by atoms with Crippen molar-refractivity contribution in [1.29, 1.82) is 0 Å². The average molecular weight is 518 g/mol. The second kappa shape index (κ2) is 11.1. The summed E-state index contributed by atoms with van der Waals surface area (Å²) < 4.78 is 31.6. The Kier molecular flexibility index (Phi) is 8.16. The Labute approximate surface area is 213 Å². The molecule has 196 valence electrons. The molecule has 3 heterocycles. The maximum atomic E-state index is 12.9. The highest BCUT2D eigenvalue weighted by atomic mass is 32.3. The molecule has 11 heteroatoms. The van der Waals surface area contributed by atoms with Gasteiger partial charge in [-0.2, -0.15) is 8.42 Å². The number of amides is 1. The highest BCUT2D eigenvalue weighted by Gasteiger charge is 2.45. The number of benzene rings is 2. The van der Waals surface area contributed by atoms with Crippen molar-refractivity contribution in [3.05, 3.63) is 60.2 Å². The Balaban J connectivity index is 0.000000556. The number of carbonyl (C=O) groups excluding carboxylic acids is 1. The minimum atomic E-state index is -4.67. The van der Waals surface area contributed by atoms with Gasteiger partial charge >= 0.3 is 10.4 Å². The fourth-order valence-electron chi connectivity index (χ4n) is 5.31. The summed E-state index contributed by atoms with van der Waals surface area (Å²) in [6.45, 7) is 8.25. The molecule has 2 aromatic rings. The zero-order valence-electron chi connectivity index (χ0n) is 20.6. The summed E-state index contributed by atoms with van der Waals surface area (Å²) in [5.74, 6) is 0.0767. The minimum absolute atomic E-state index is 0.0767. The van der Waals surface area contributed by atoms with Gasteiger partial charge in [0.05, 0.1) is 11.3 Å². The maximum Gasteiger partial charge on any atom is 0.394 e. The van der Waals surface area contributed by atoms with Crippen LogP contribution in [-0.2, 0) is 10.4 Å². The van der Waals surface area contributed by atoms with Gasteiger partial charge in [-0.3, -0.25) is 18.8 Å². The normalized spacial score (nSPS) is 20.4. The van der Waals surface area contributed by atoms with E-state index in [1.807, 2.05) is 12.1 Å². The van der Waals surface area contributed by atoms with Crippen LogP contribution in [0.2, 0.25) is 0 Å². The fourth-order valence-corrected chi connectivity index (χ4v) is 5.31. The third-order valence-electron chi connectivity index (χ3n) is 7.25. The van der Waals surface area contributed by atoms with Crippen LogP contribution in [0.4, 0.5) is 11.4 Å². The monoisotopic (exact) mass is 517 g/mol. The third kappa shape index (κ3) is 6.54. The molecule has 5 rings (SSSR count). The van der Waals surface area contributed by atoms with Gasteiger partial charge < -0.3 is 20.0 Å². The first kappa shape index (κ1) is 26.4. The fraction of sp³-hybridized carbons (Fsp3) is 0.480. The number of para-hydroxylation sites is 2. The molecular formula is C25H35N5O5S. The first-order chi connectivity index (χ1) is 17.1. The van der Waals surface area contributed by atoms with Gasteiger partial charge in [0.15, 0.2) is 0 Å². The lowest BCUT2D eigenvalue weighted by Gasteiger charge is -2.53. The summed E-state index contributed by atoms with van der Waals surface area (Å²) in [6, 6.07) is 18.8. The molecule has 2 fully saturated rings. The number of carbonyl (C=O) groups is 1.